The molecule has 1 N–H and O–H groups in total. The standard InChI is InChI=1S/C19H21F2N3O3S/c20-14-3-12(4-15(21)16(14)23-7-19(8-23)9-28-10-19)24-6-13(27-18(24)26)5-22-17(25)11-1-2-11/h3-4,11,13H,1-2,5-10H2,(H,22,25). The average molecular weight is 409 g/mol. The number of thioether (sulfide) groups is 1. The summed E-state index contributed by atoms with van der Waals surface area (Å²) < 4.78 is 34.6. The highest BCUT2D eigenvalue weighted by Gasteiger charge is 2.49. The van der Waals surface area contributed by atoms with Crippen molar-refractivity contribution in [2.24, 2.45) is 11.3 Å². The Kier molecular flexibility index (Phi) is 4.19. The second-order valence-electron chi connectivity index (χ2n) is 8.24. The molecule has 3 heterocycles. The molecule has 1 saturated carbocycles. The van der Waals surface area contributed by atoms with Gasteiger partial charge in [0.2, 0.25) is 5.91 Å². The van der Waals surface area contributed by atoms with Gasteiger partial charge in [-0.05, 0) is 12.8 Å². The summed E-state index contributed by atoms with van der Waals surface area (Å²) in [4.78, 5) is 26.8. The minimum atomic E-state index is -0.671. The van der Waals surface area contributed by atoms with Crippen molar-refractivity contribution in [2.45, 2.75) is 18.9 Å². The first-order chi connectivity index (χ1) is 13.4. The molecule has 4 fully saturated rings. The van der Waals surface area contributed by atoms with Crippen molar-refractivity contribution >= 4 is 35.1 Å². The topological polar surface area (TPSA) is 61.9 Å². The predicted molar refractivity (Wildman–Crippen MR) is 102 cm³/mol. The number of nitrogens with zero attached hydrogens (tertiary/aromatic N) is 2. The molecule has 6 nitrogen and oxygen atoms in total. The molecule has 1 spiro atoms. The van der Waals surface area contributed by atoms with Gasteiger partial charge in [0.05, 0.1) is 18.8 Å². The van der Waals surface area contributed by atoms with Gasteiger partial charge in [-0.2, -0.15) is 11.8 Å². The summed E-state index contributed by atoms with van der Waals surface area (Å²) in [6, 6.07) is 2.37. The molecule has 3 aliphatic heterocycles. The fraction of sp³-hybridized carbons (Fsp3) is 0.579. The maximum atomic E-state index is 14.7. The van der Waals surface area contributed by atoms with E-state index in [1.807, 2.05) is 11.8 Å². The van der Waals surface area contributed by atoms with Gasteiger partial charge in [0.25, 0.3) is 0 Å². The smallest absolute Gasteiger partial charge is 0.414 e. The van der Waals surface area contributed by atoms with Gasteiger partial charge in [-0.3, -0.25) is 9.69 Å². The summed E-state index contributed by atoms with van der Waals surface area (Å²) in [6.45, 7) is 1.68. The lowest BCUT2D eigenvalue weighted by molar-refractivity contribution is -0.122. The zero-order valence-electron chi connectivity index (χ0n) is 15.2. The zero-order valence-corrected chi connectivity index (χ0v) is 16.1. The molecule has 1 aliphatic carbocycles. The van der Waals surface area contributed by atoms with E-state index in [2.05, 4.69) is 5.32 Å². The molecule has 0 radical (unpaired) electrons. The fourth-order valence-electron chi connectivity index (χ4n) is 4.05. The third-order valence-corrected chi connectivity index (χ3v) is 7.46. The van der Waals surface area contributed by atoms with Crippen LogP contribution in [-0.4, -0.2) is 55.8 Å². The van der Waals surface area contributed by atoms with Gasteiger partial charge in [-0.25, -0.2) is 13.6 Å². The Balaban J connectivity index is 1.25. The molecular weight excluding hydrogens is 388 g/mol. The lowest BCUT2D eigenvalue weighted by atomic mass is 9.82. The Morgan fingerprint density at radius 1 is 1.25 bits per heavy atom. The molecule has 4 aliphatic rings. The number of cyclic esters (lactones) is 1. The summed E-state index contributed by atoms with van der Waals surface area (Å²) in [5, 5.41) is 2.76. The summed E-state index contributed by atoms with van der Waals surface area (Å²) in [5.41, 5.74) is 0.334. The van der Waals surface area contributed by atoms with Crippen LogP contribution in [0.2, 0.25) is 0 Å². The fourth-order valence-corrected chi connectivity index (χ4v) is 5.19. The van der Waals surface area contributed by atoms with Gasteiger partial charge < -0.3 is 15.0 Å². The minimum Gasteiger partial charge on any atom is -0.442 e. The SMILES string of the molecule is O=C(NCC1CN(c2cc(F)c(N3CC4(CSC4)C3)c(F)c2)C(=O)O1)C1CC1. The van der Waals surface area contributed by atoms with Crippen LogP contribution in [0, 0.1) is 23.0 Å². The molecule has 1 aromatic carbocycles. The van der Waals surface area contributed by atoms with Crippen LogP contribution in [0.25, 0.3) is 0 Å². The Bertz CT molecular complexity index is 813. The number of ether oxygens (including phenoxy) is 1. The molecule has 1 atom stereocenters. The molecule has 3 saturated heterocycles. The van der Waals surface area contributed by atoms with Gasteiger partial charge in [0.1, 0.15) is 11.8 Å². The maximum absolute atomic E-state index is 14.7. The normalized spacial score (nSPS) is 25.4. The third kappa shape index (κ3) is 3.09. The molecule has 150 valence electrons. The number of carbonyl (C=O) groups excluding carboxylic acids is 2. The number of halogens is 2. The van der Waals surface area contributed by atoms with E-state index < -0.39 is 23.8 Å². The number of anilines is 2. The Morgan fingerprint density at radius 2 is 1.93 bits per heavy atom. The average Bonchev–Trinajstić information content (AvgIpc) is 3.35. The van der Waals surface area contributed by atoms with E-state index in [1.54, 1.807) is 4.90 Å². The van der Waals surface area contributed by atoms with Crippen LogP contribution in [0.15, 0.2) is 12.1 Å². The van der Waals surface area contributed by atoms with E-state index >= 15 is 0 Å². The number of amides is 2. The zero-order chi connectivity index (χ0) is 19.5. The van der Waals surface area contributed by atoms with Crippen molar-refractivity contribution in [3.05, 3.63) is 23.8 Å². The first kappa shape index (κ1) is 18.0. The summed E-state index contributed by atoms with van der Waals surface area (Å²) in [7, 11) is 0. The molecule has 1 unspecified atom stereocenters. The molecule has 5 rings (SSSR count). The largest absolute Gasteiger partial charge is 0.442 e. The number of hydrogen-bond donors (Lipinski definition) is 1. The maximum Gasteiger partial charge on any atom is 0.414 e. The van der Waals surface area contributed by atoms with Crippen LogP contribution in [0.3, 0.4) is 0 Å². The van der Waals surface area contributed by atoms with Crippen molar-refractivity contribution < 1.29 is 23.1 Å². The first-order valence-corrected chi connectivity index (χ1v) is 10.7. The molecule has 28 heavy (non-hydrogen) atoms. The first-order valence-electron chi connectivity index (χ1n) is 9.52. The Labute approximate surface area is 165 Å². The molecule has 0 bridgehead atoms. The highest BCUT2D eigenvalue weighted by Crippen LogP contribution is 2.48. The van der Waals surface area contributed by atoms with Gasteiger partial charge in [0.15, 0.2) is 11.6 Å². The van der Waals surface area contributed by atoms with Gasteiger partial charge in [-0.1, -0.05) is 0 Å². The Hall–Kier alpha value is -2.03. The number of carbonyl (C=O) groups is 2. The van der Waals surface area contributed by atoms with Crippen molar-refractivity contribution in [3.8, 4) is 0 Å². The summed E-state index contributed by atoms with van der Waals surface area (Å²) in [6.07, 6.45) is 0.591. The lowest BCUT2D eigenvalue weighted by Crippen LogP contribution is -2.63. The Morgan fingerprint density at radius 3 is 2.50 bits per heavy atom. The van der Waals surface area contributed by atoms with Gasteiger partial charge >= 0.3 is 6.09 Å². The molecule has 9 heteroatoms. The van der Waals surface area contributed by atoms with Crippen molar-refractivity contribution in [3.63, 3.8) is 0 Å². The highest BCUT2D eigenvalue weighted by atomic mass is 32.2. The third-order valence-electron chi connectivity index (χ3n) is 5.82. The lowest BCUT2D eigenvalue weighted by Gasteiger charge is -2.56. The summed E-state index contributed by atoms with van der Waals surface area (Å²) >= 11 is 1.86. The van der Waals surface area contributed by atoms with E-state index in [0.717, 1.165) is 24.3 Å². The number of nitrogens with one attached hydrogen (secondary N) is 1. The molecule has 0 aromatic heterocycles. The number of hydrogen-bond acceptors (Lipinski definition) is 5. The molecular formula is C19H21F2N3O3S. The van der Waals surface area contributed by atoms with Crippen molar-refractivity contribution in [1.82, 2.24) is 5.32 Å². The highest BCUT2D eigenvalue weighted by molar-refractivity contribution is 8.00. The van der Waals surface area contributed by atoms with Gasteiger partial charge in [0, 0.05) is 48.1 Å². The van der Waals surface area contributed by atoms with Gasteiger partial charge in [-0.15, -0.1) is 0 Å². The van der Waals surface area contributed by atoms with Crippen molar-refractivity contribution in [1.29, 1.82) is 0 Å². The predicted octanol–water partition coefficient (Wildman–Crippen LogP) is 2.37. The summed E-state index contributed by atoms with van der Waals surface area (Å²) in [5.74, 6) is 0.785. The number of benzene rings is 1. The quantitative estimate of drug-likeness (QED) is 0.809. The van der Waals surface area contributed by atoms with Crippen LogP contribution in [0.5, 0.6) is 0 Å². The van der Waals surface area contributed by atoms with E-state index in [1.165, 1.54) is 17.0 Å². The van der Waals surface area contributed by atoms with Crippen LogP contribution < -0.4 is 15.1 Å². The molecule has 2 amide bonds. The minimum absolute atomic E-state index is 0.0212. The molecule has 1 aromatic rings. The van der Waals surface area contributed by atoms with Crippen LogP contribution in [0.1, 0.15) is 12.8 Å². The second kappa shape index (κ2) is 6.50. The van der Waals surface area contributed by atoms with Crippen LogP contribution in [0.4, 0.5) is 25.0 Å². The number of rotatable bonds is 5. The monoisotopic (exact) mass is 409 g/mol. The van der Waals surface area contributed by atoms with Crippen LogP contribution >= 0.6 is 11.8 Å². The van der Waals surface area contributed by atoms with E-state index in [0.29, 0.717) is 13.1 Å². The van der Waals surface area contributed by atoms with Crippen molar-refractivity contribution in [2.75, 3.05) is 47.5 Å². The van der Waals surface area contributed by atoms with E-state index in [4.69, 9.17) is 4.74 Å². The van der Waals surface area contributed by atoms with E-state index in [-0.39, 0.29) is 41.7 Å². The second-order valence-corrected chi connectivity index (χ2v) is 9.23. The van der Waals surface area contributed by atoms with E-state index in [9.17, 15) is 18.4 Å². The van der Waals surface area contributed by atoms with Crippen LogP contribution in [-0.2, 0) is 9.53 Å².